The van der Waals surface area contributed by atoms with Gasteiger partial charge in [0.25, 0.3) is 0 Å². The molecule has 0 amide bonds. The Morgan fingerprint density at radius 3 is 2.83 bits per heavy atom. The highest BCUT2D eigenvalue weighted by Gasteiger charge is 2.09. The lowest BCUT2D eigenvalue weighted by molar-refractivity contribution is 0.693. The van der Waals surface area contributed by atoms with Crippen molar-refractivity contribution in [1.82, 2.24) is 4.98 Å². The standard InChI is InChI=1S/C8H10Br2N2/c1-2-6(11)5-3-4-12-8(10)7(5)9/h3-4,6H,2,11H2,1H3. The molecule has 1 rings (SSSR count). The van der Waals surface area contributed by atoms with Crippen LogP contribution in [0.1, 0.15) is 24.9 Å². The molecule has 0 saturated heterocycles. The first kappa shape index (κ1) is 10.2. The summed E-state index contributed by atoms with van der Waals surface area (Å²) in [6.45, 7) is 2.06. The first-order valence-corrected chi connectivity index (χ1v) is 5.31. The van der Waals surface area contributed by atoms with E-state index < -0.39 is 0 Å². The largest absolute Gasteiger partial charge is 0.324 e. The van der Waals surface area contributed by atoms with Gasteiger partial charge in [-0.15, -0.1) is 0 Å². The van der Waals surface area contributed by atoms with Gasteiger partial charge in [0.05, 0.1) is 4.47 Å². The molecule has 0 spiro atoms. The Morgan fingerprint density at radius 1 is 1.58 bits per heavy atom. The van der Waals surface area contributed by atoms with E-state index in [1.807, 2.05) is 6.07 Å². The van der Waals surface area contributed by atoms with Crippen LogP contribution in [0.4, 0.5) is 0 Å². The van der Waals surface area contributed by atoms with Crippen LogP contribution in [0, 0.1) is 0 Å². The summed E-state index contributed by atoms with van der Waals surface area (Å²) < 4.78 is 1.77. The highest BCUT2D eigenvalue weighted by Crippen LogP contribution is 2.28. The Hall–Kier alpha value is 0.0700. The lowest BCUT2D eigenvalue weighted by atomic mass is 10.1. The summed E-state index contributed by atoms with van der Waals surface area (Å²) in [6.07, 6.45) is 2.68. The van der Waals surface area contributed by atoms with Crippen LogP contribution >= 0.6 is 31.9 Å². The minimum Gasteiger partial charge on any atom is -0.324 e. The van der Waals surface area contributed by atoms with Crippen LogP contribution < -0.4 is 5.73 Å². The van der Waals surface area contributed by atoms with E-state index in [1.54, 1.807) is 6.20 Å². The number of halogens is 2. The van der Waals surface area contributed by atoms with Crippen molar-refractivity contribution in [2.24, 2.45) is 5.73 Å². The number of nitrogens with two attached hydrogens (primary N) is 1. The number of pyridine rings is 1. The molecule has 1 unspecified atom stereocenters. The van der Waals surface area contributed by atoms with Gasteiger partial charge in [0.1, 0.15) is 4.60 Å². The molecule has 1 aromatic heterocycles. The van der Waals surface area contributed by atoms with Crippen LogP contribution in [-0.2, 0) is 0 Å². The van der Waals surface area contributed by atoms with Gasteiger partial charge < -0.3 is 5.73 Å². The van der Waals surface area contributed by atoms with Gasteiger partial charge in [0, 0.05) is 12.2 Å². The topological polar surface area (TPSA) is 38.9 Å². The van der Waals surface area contributed by atoms with Crippen molar-refractivity contribution in [3.05, 3.63) is 26.9 Å². The van der Waals surface area contributed by atoms with Crippen molar-refractivity contribution in [3.63, 3.8) is 0 Å². The highest BCUT2D eigenvalue weighted by atomic mass is 79.9. The van der Waals surface area contributed by atoms with Gasteiger partial charge in [-0.2, -0.15) is 0 Å². The molecule has 66 valence electrons. The summed E-state index contributed by atoms with van der Waals surface area (Å²) in [5, 5.41) is 0. The molecule has 0 fully saturated rings. The van der Waals surface area contributed by atoms with Crippen LogP contribution in [-0.4, -0.2) is 4.98 Å². The Labute approximate surface area is 88.8 Å². The molecular weight excluding hydrogens is 284 g/mol. The molecule has 0 aromatic carbocycles. The lowest BCUT2D eigenvalue weighted by Gasteiger charge is -2.11. The molecule has 0 bridgehead atoms. The molecule has 12 heavy (non-hydrogen) atoms. The molecule has 1 aromatic rings. The highest BCUT2D eigenvalue weighted by molar-refractivity contribution is 9.13. The van der Waals surface area contributed by atoms with Gasteiger partial charge in [-0.1, -0.05) is 6.92 Å². The third-order valence-corrected chi connectivity index (χ3v) is 3.68. The van der Waals surface area contributed by atoms with Gasteiger partial charge in [-0.25, -0.2) is 4.98 Å². The van der Waals surface area contributed by atoms with E-state index in [1.165, 1.54) is 0 Å². The average molecular weight is 294 g/mol. The second-order valence-corrected chi connectivity index (χ2v) is 4.06. The third-order valence-electron chi connectivity index (χ3n) is 1.72. The van der Waals surface area contributed by atoms with E-state index in [4.69, 9.17) is 5.73 Å². The van der Waals surface area contributed by atoms with Crippen LogP contribution in [0.2, 0.25) is 0 Å². The number of aromatic nitrogens is 1. The quantitative estimate of drug-likeness (QED) is 0.852. The number of hydrogen-bond donors (Lipinski definition) is 1. The van der Waals surface area contributed by atoms with Crippen LogP contribution in [0.3, 0.4) is 0 Å². The molecular formula is C8H10Br2N2. The first-order chi connectivity index (χ1) is 5.66. The normalized spacial score (nSPS) is 13.0. The van der Waals surface area contributed by atoms with Crippen molar-refractivity contribution in [3.8, 4) is 0 Å². The van der Waals surface area contributed by atoms with E-state index in [2.05, 4.69) is 43.8 Å². The van der Waals surface area contributed by atoms with E-state index in [0.29, 0.717) is 0 Å². The maximum atomic E-state index is 5.89. The van der Waals surface area contributed by atoms with Gasteiger partial charge in [0.2, 0.25) is 0 Å². The summed E-state index contributed by atoms with van der Waals surface area (Å²) in [5.74, 6) is 0. The molecule has 2 nitrogen and oxygen atoms in total. The zero-order valence-corrected chi connectivity index (χ0v) is 9.89. The molecule has 0 radical (unpaired) electrons. The molecule has 0 aliphatic heterocycles. The monoisotopic (exact) mass is 292 g/mol. The minimum atomic E-state index is 0.0821. The van der Waals surface area contributed by atoms with Crippen molar-refractivity contribution in [2.45, 2.75) is 19.4 Å². The van der Waals surface area contributed by atoms with Gasteiger partial charge in [0.15, 0.2) is 0 Å². The summed E-state index contributed by atoms with van der Waals surface area (Å²) in [6, 6.07) is 2.02. The number of nitrogens with zero attached hydrogens (tertiary/aromatic N) is 1. The Morgan fingerprint density at radius 2 is 2.25 bits per heavy atom. The smallest absolute Gasteiger partial charge is 0.120 e. The number of hydrogen-bond acceptors (Lipinski definition) is 2. The third kappa shape index (κ3) is 2.06. The fourth-order valence-electron chi connectivity index (χ4n) is 0.938. The Kier molecular flexibility index (Phi) is 3.68. The fourth-order valence-corrected chi connectivity index (χ4v) is 1.81. The van der Waals surface area contributed by atoms with Crippen LogP contribution in [0.25, 0.3) is 0 Å². The van der Waals surface area contributed by atoms with Crippen molar-refractivity contribution < 1.29 is 0 Å². The predicted octanol–water partition coefficient (Wildman–Crippen LogP) is 3.02. The van der Waals surface area contributed by atoms with Gasteiger partial charge in [-0.3, -0.25) is 0 Å². The van der Waals surface area contributed by atoms with E-state index in [0.717, 1.165) is 21.1 Å². The average Bonchev–Trinajstić information content (AvgIpc) is 2.08. The van der Waals surface area contributed by atoms with Crippen molar-refractivity contribution >= 4 is 31.9 Å². The van der Waals surface area contributed by atoms with Crippen molar-refractivity contribution in [1.29, 1.82) is 0 Å². The SMILES string of the molecule is CCC(N)c1ccnc(Br)c1Br. The predicted molar refractivity (Wildman–Crippen MR) is 56.9 cm³/mol. The Bertz CT molecular complexity index is 276. The number of rotatable bonds is 2. The summed E-state index contributed by atoms with van der Waals surface area (Å²) >= 11 is 6.76. The van der Waals surface area contributed by atoms with Crippen LogP contribution in [0.5, 0.6) is 0 Å². The zero-order chi connectivity index (χ0) is 9.14. The lowest BCUT2D eigenvalue weighted by Crippen LogP contribution is -2.09. The maximum Gasteiger partial charge on any atom is 0.120 e. The van der Waals surface area contributed by atoms with Crippen molar-refractivity contribution in [2.75, 3.05) is 0 Å². The molecule has 1 atom stereocenters. The van der Waals surface area contributed by atoms with Gasteiger partial charge >= 0.3 is 0 Å². The Balaban J connectivity index is 3.07. The second kappa shape index (κ2) is 4.35. The van der Waals surface area contributed by atoms with Gasteiger partial charge in [-0.05, 0) is 49.9 Å². The molecule has 4 heteroatoms. The zero-order valence-electron chi connectivity index (χ0n) is 6.72. The molecule has 0 aliphatic rings. The van der Waals surface area contributed by atoms with Crippen LogP contribution in [0.15, 0.2) is 21.3 Å². The second-order valence-electron chi connectivity index (χ2n) is 2.52. The fraction of sp³-hybridized carbons (Fsp3) is 0.375. The maximum absolute atomic E-state index is 5.89. The molecule has 1 heterocycles. The molecule has 2 N–H and O–H groups in total. The van der Waals surface area contributed by atoms with E-state index >= 15 is 0 Å². The first-order valence-electron chi connectivity index (χ1n) is 3.72. The minimum absolute atomic E-state index is 0.0821. The van der Waals surface area contributed by atoms with E-state index in [9.17, 15) is 0 Å². The summed E-state index contributed by atoms with van der Waals surface area (Å²) in [4.78, 5) is 4.07. The molecule has 0 saturated carbocycles. The van der Waals surface area contributed by atoms with E-state index in [-0.39, 0.29) is 6.04 Å². The summed E-state index contributed by atoms with van der Waals surface area (Å²) in [5.41, 5.74) is 6.98. The summed E-state index contributed by atoms with van der Waals surface area (Å²) in [7, 11) is 0. The molecule has 0 aliphatic carbocycles.